The molecular weight excluding hydrogens is 2220 g/mol. The molecule has 0 spiro atoms. The fraction of sp³-hybridized carbons (Fsp3) is 0.0492. The summed E-state index contributed by atoms with van der Waals surface area (Å²) in [6, 6.07) is 157. The average molecular weight is 2310 g/mol. The number of hydrogen-bond acceptors (Lipinski definition) is 6. The highest BCUT2D eigenvalue weighted by Gasteiger charge is 2.38. The van der Waals surface area contributed by atoms with Crippen LogP contribution in [0.1, 0.15) is 49.9 Å². The molecule has 0 radical (unpaired) electrons. The first kappa shape index (κ1) is 102. The fourth-order valence-corrected chi connectivity index (χ4v) is 19.1. The third-order valence-corrected chi connectivity index (χ3v) is 27.2. The second-order valence-corrected chi connectivity index (χ2v) is 39.8. The summed E-state index contributed by atoms with van der Waals surface area (Å²) in [4.78, 5) is 25.4. The van der Waals surface area contributed by atoms with Gasteiger partial charge in [-0.1, -0.05) is 484 Å². The minimum atomic E-state index is -0.00426. The number of nitrogens with zero attached hydrogens (tertiary/aromatic N) is 6. The second-order valence-electron chi connectivity index (χ2n) is 32.5. The molecule has 6 heterocycles. The van der Waals surface area contributed by atoms with Crippen molar-refractivity contribution in [1.29, 1.82) is 0 Å². The lowest BCUT2D eigenvalue weighted by Crippen LogP contribution is -2.15. The van der Waals surface area contributed by atoms with E-state index in [-0.39, 0.29) is 10.8 Å². The van der Waals surface area contributed by atoms with Crippen LogP contribution in [0, 0.1) is 0 Å². The van der Waals surface area contributed by atoms with Gasteiger partial charge >= 0.3 is 0 Å². The zero-order chi connectivity index (χ0) is 96.6. The van der Waals surface area contributed by atoms with Gasteiger partial charge in [-0.3, -0.25) is 9.97 Å². The van der Waals surface area contributed by atoms with Crippen molar-refractivity contribution < 1.29 is 0 Å². The Morgan fingerprint density at radius 1 is 0.225 bits per heavy atom. The van der Waals surface area contributed by atoms with E-state index in [0.29, 0.717) is 15.5 Å². The Kier molecular flexibility index (Phi) is 37.7. The second kappa shape index (κ2) is 51.0. The van der Waals surface area contributed by atoms with Gasteiger partial charge in [-0.05, 0) is 256 Å². The van der Waals surface area contributed by atoms with Crippen LogP contribution in [0.2, 0.25) is 15.5 Å². The largest absolute Gasteiger partial charge is 0.254 e. The first-order valence-electron chi connectivity index (χ1n) is 44.3. The van der Waals surface area contributed by atoms with E-state index in [1.54, 1.807) is 18.5 Å². The molecule has 2 aliphatic rings. The number of pyridine rings is 6. The van der Waals surface area contributed by atoms with Crippen LogP contribution >= 0.6 is 146 Å². The van der Waals surface area contributed by atoms with Crippen LogP contribution in [0.15, 0.2) is 517 Å². The smallest absolute Gasteiger partial charge is 0.136 e. The molecule has 0 N–H and O–H groups in total. The molecule has 0 aliphatic heterocycles. The van der Waals surface area contributed by atoms with Crippen LogP contribution in [0.5, 0.6) is 0 Å². The maximum absolute atomic E-state index is 5.97. The maximum atomic E-state index is 5.97. The standard InChI is InChI=1S/2C18H13Br.C14H12ClN.C13H11BrN2.3C12H9Br.2C9H6ClN.C5H4BrN/c19-18-16(14-8-3-1-4-9-14)12-7-13-17(18)15-10-5-2-6-11-15;19-18-12-16(14-7-3-1-4-8-14)11-17(13-18)15-9-5-2-6-10-15;1-14(2)10-6-4-3-5-9(10)13-11(14)7-8-12(15)16-13;1-13(2)9-4-3-5-15-11(9)12-10(13)6-8(14)7-16-12;13-12-9-5-4-8-11(12)10-6-2-1-3-7-10;13-12-8-4-7-11(9-12)10-5-2-1-3-6-10;13-12-8-6-11(7-9-12)10-4-2-1-3-5-10;10-9-8-4-2-1-3-7(8)5-6-11-9;10-9-6-5-7-3-1-2-4-8(7)11-9;6-5-3-1-2-4-7-5/h2*1-13H;3-8H,1-2H3;3-7H,1-2H3;3*1-9H;2*1-6H;1-4H. The number of halogens is 10. The van der Waals surface area contributed by atoms with E-state index in [1.165, 1.54) is 106 Å². The topological polar surface area (TPSA) is 77.3 Å². The van der Waals surface area contributed by atoms with Gasteiger partial charge in [-0.25, -0.2) is 19.9 Å². The molecule has 6 nitrogen and oxygen atoms in total. The van der Waals surface area contributed by atoms with Gasteiger partial charge in [0.05, 0.1) is 22.6 Å². The molecule has 0 fully saturated rings. The molecule has 0 saturated carbocycles. The lowest BCUT2D eigenvalue weighted by Gasteiger charge is -2.20. The van der Waals surface area contributed by atoms with Crippen LogP contribution in [0.3, 0.4) is 0 Å². The Hall–Kier alpha value is -12.1. The number of hydrogen-bond donors (Lipinski definition) is 0. The minimum absolute atomic E-state index is 0.00426. The van der Waals surface area contributed by atoms with Crippen molar-refractivity contribution in [3.05, 3.63) is 555 Å². The van der Waals surface area contributed by atoms with Crippen LogP contribution in [0.25, 0.3) is 122 Å². The number of para-hydroxylation sites is 1. The summed E-state index contributed by atoms with van der Waals surface area (Å²) in [6.45, 7) is 8.89. The first-order chi connectivity index (χ1) is 67.1. The van der Waals surface area contributed by atoms with Crippen molar-refractivity contribution >= 4 is 168 Å². The molecule has 0 amide bonds. The molecule has 15 aromatic carbocycles. The van der Waals surface area contributed by atoms with E-state index in [2.05, 4.69) is 460 Å². The summed E-state index contributed by atoms with van der Waals surface area (Å²) >= 11 is 42.0. The molecule has 21 aromatic rings. The molecule has 138 heavy (non-hydrogen) atoms. The van der Waals surface area contributed by atoms with E-state index in [0.717, 1.165) is 70.2 Å². The van der Waals surface area contributed by atoms with Gasteiger partial charge in [0.1, 0.15) is 20.1 Å². The average Bonchev–Trinajstić information content (AvgIpc) is 1.59. The predicted octanol–water partition coefficient (Wildman–Crippen LogP) is 39.1. The number of aromatic nitrogens is 6. The Balaban J connectivity index is 0.000000123. The van der Waals surface area contributed by atoms with Crippen molar-refractivity contribution in [2.24, 2.45) is 0 Å². The molecule has 16 heteroatoms. The quantitative estimate of drug-likeness (QED) is 0.148. The highest BCUT2D eigenvalue weighted by Crippen LogP contribution is 2.49. The van der Waals surface area contributed by atoms with Crippen molar-refractivity contribution in [2.75, 3.05) is 0 Å². The summed E-state index contributed by atoms with van der Waals surface area (Å²) in [5.41, 5.74) is 27.7. The molecule has 680 valence electrons. The number of fused-ring (bicyclic) bond motifs is 8. The zero-order valence-corrected chi connectivity index (χ0v) is 89.0. The first-order valence-corrected chi connectivity index (χ1v) is 51.0. The summed E-state index contributed by atoms with van der Waals surface area (Å²) < 4.78 is 7.53. The Morgan fingerprint density at radius 3 is 1.20 bits per heavy atom. The molecular formula is C122H92Br7Cl3N6. The van der Waals surface area contributed by atoms with Gasteiger partial charge in [0.2, 0.25) is 0 Å². The molecule has 0 saturated heterocycles. The fourth-order valence-electron chi connectivity index (χ4n) is 15.6. The van der Waals surface area contributed by atoms with E-state index >= 15 is 0 Å². The van der Waals surface area contributed by atoms with E-state index in [9.17, 15) is 0 Å². The minimum Gasteiger partial charge on any atom is -0.254 e. The predicted molar refractivity (Wildman–Crippen MR) is 608 cm³/mol. The third-order valence-electron chi connectivity index (χ3n) is 22.6. The van der Waals surface area contributed by atoms with Gasteiger partial charge < -0.3 is 0 Å². The van der Waals surface area contributed by atoms with Gasteiger partial charge in [-0.2, -0.15) is 0 Å². The molecule has 0 unspecified atom stereocenters. The molecule has 0 atom stereocenters. The number of rotatable bonds is 7. The molecule has 2 aliphatic carbocycles. The Labute approximate surface area is 882 Å². The maximum Gasteiger partial charge on any atom is 0.136 e. The van der Waals surface area contributed by atoms with Crippen molar-refractivity contribution in [3.8, 4) is 101 Å². The highest BCUT2D eigenvalue weighted by atomic mass is 79.9. The van der Waals surface area contributed by atoms with Crippen LogP contribution in [-0.2, 0) is 10.8 Å². The lowest BCUT2D eigenvalue weighted by molar-refractivity contribution is 0.657. The summed E-state index contributed by atoms with van der Waals surface area (Å²) in [7, 11) is 0. The molecule has 6 aromatic heterocycles. The lowest BCUT2D eigenvalue weighted by atomic mass is 9.83. The summed E-state index contributed by atoms with van der Waals surface area (Å²) in [6.07, 6.45) is 7.11. The Bertz CT molecular complexity index is 7370. The monoisotopic (exact) mass is 2300 g/mol. The van der Waals surface area contributed by atoms with Gasteiger partial charge in [-0.15, -0.1) is 0 Å². The highest BCUT2D eigenvalue weighted by molar-refractivity contribution is 9.11. The van der Waals surface area contributed by atoms with Gasteiger partial charge in [0.15, 0.2) is 0 Å². The van der Waals surface area contributed by atoms with Crippen LogP contribution < -0.4 is 0 Å². The van der Waals surface area contributed by atoms with Crippen LogP contribution in [0.4, 0.5) is 0 Å². The normalized spacial score (nSPS) is 11.4. The number of benzene rings is 15. The third kappa shape index (κ3) is 28.2. The van der Waals surface area contributed by atoms with Crippen molar-refractivity contribution in [1.82, 2.24) is 29.9 Å². The molecule has 0 bridgehead atoms. The molecule has 23 rings (SSSR count). The summed E-state index contributed by atoms with van der Waals surface area (Å²) in [5, 5.41) is 4.94. The van der Waals surface area contributed by atoms with Crippen molar-refractivity contribution in [3.63, 3.8) is 0 Å². The van der Waals surface area contributed by atoms with Crippen molar-refractivity contribution in [2.45, 2.75) is 38.5 Å². The zero-order valence-electron chi connectivity index (χ0n) is 75.7. The summed E-state index contributed by atoms with van der Waals surface area (Å²) in [5.74, 6) is 0. The van der Waals surface area contributed by atoms with Gasteiger partial charge in [0.25, 0.3) is 0 Å². The SMILES string of the molecule is Brc1c(-c2ccccc2)cccc1-c1ccccc1.Brc1cc(-c2ccccc2)cc(-c2ccccc2)c1.Brc1ccc(-c2ccccc2)cc1.Brc1cccc(-c2ccccc2)c1.Brc1ccccc1-c1ccccc1.Brc1ccccn1.CC1(C)c2ccccc2-c2nc(Cl)ccc21.CC1(C)c2cccnc2-c2ncc(Br)cc21.Clc1ccc2ccccc2n1.Clc1nccc2ccccc12. The van der Waals surface area contributed by atoms with Gasteiger partial charge in [0, 0.05) is 78.8 Å². The van der Waals surface area contributed by atoms with E-state index in [1.807, 2.05) is 176 Å². The Morgan fingerprint density at radius 2 is 0.645 bits per heavy atom. The van der Waals surface area contributed by atoms with E-state index in [4.69, 9.17) is 34.8 Å². The van der Waals surface area contributed by atoms with Crippen LogP contribution in [-0.4, -0.2) is 29.9 Å². The van der Waals surface area contributed by atoms with E-state index < -0.39 is 0 Å².